The minimum absolute atomic E-state index is 0.0525. The smallest absolute Gasteiger partial charge is 0.244 e. The van der Waals surface area contributed by atoms with Crippen LogP contribution in [-0.4, -0.2) is 75.5 Å². The van der Waals surface area contributed by atoms with E-state index in [0.717, 1.165) is 82.6 Å². The first-order chi connectivity index (χ1) is 16.5. The first-order valence-electron chi connectivity index (χ1n) is 12.3. The molecular weight excluding hydrogens is 434 g/mol. The lowest BCUT2D eigenvalue weighted by molar-refractivity contribution is -0.130. The van der Waals surface area contributed by atoms with Crippen LogP contribution in [0.15, 0.2) is 22.9 Å². The Morgan fingerprint density at radius 1 is 1.06 bits per heavy atom. The lowest BCUT2D eigenvalue weighted by Crippen LogP contribution is -2.46. The number of hydrogen-bond donors (Lipinski definition) is 1. The number of anilines is 1. The summed E-state index contributed by atoms with van der Waals surface area (Å²) in [6.45, 7) is 5.80. The van der Waals surface area contributed by atoms with Crippen LogP contribution in [0.5, 0.6) is 0 Å². The standard InChI is InChI=1S/C24H33N7O3/c1-16(32)29-13-7-19(8-14-29)31-10-2-3-20(31)24-27-23(28-34-24)18-4-9-26-21(15-18)30-11-5-17(6-12-30)22(25)33/h4,9,15,17,19-20H,2-3,5-8,10-14H2,1H3,(H2,25,33). The van der Waals surface area contributed by atoms with Gasteiger partial charge >= 0.3 is 0 Å². The van der Waals surface area contributed by atoms with E-state index in [1.165, 1.54) is 0 Å². The number of pyridine rings is 1. The Morgan fingerprint density at radius 3 is 2.53 bits per heavy atom. The maximum atomic E-state index is 11.7. The van der Waals surface area contributed by atoms with Gasteiger partial charge in [-0.1, -0.05) is 5.16 Å². The second-order valence-electron chi connectivity index (χ2n) is 9.66. The molecule has 3 saturated heterocycles. The fraction of sp³-hybridized carbons (Fsp3) is 0.625. The SMILES string of the molecule is CC(=O)N1CCC(N2CCCC2c2nc(-c3ccnc(N4CCC(C(N)=O)CC4)c3)no2)CC1. The molecule has 0 aliphatic carbocycles. The number of carbonyl (C=O) groups is 2. The minimum Gasteiger partial charge on any atom is -0.369 e. The predicted octanol–water partition coefficient (Wildman–Crippen LogP) is 1.98. The lowest BCUT2D eigenvalue weighted by atomic mass is 9.96. The van der Waals surface area contributed by atoms with E-state index >= 15 is 0 Å². The summed E-state index contributed by atoms with van der Waals surface area (Å²) in [5.74, 6) is 1.98. The van der Waals surface area contributed by atoms with Gasteiger partial charge in [0, 0.05) is 56.8 Å². The Kier molecular flexibility index (Phi) is 6.49. The van der Waals surface area contributed by atoms with Crippen molar-refractivity contribution in [3.8, 4) is 11.4 Å². The molecule has 3 aliphatic heterocycles. The van der Waals surface area contributed by atoms with Crippen molar-refractivity contribution in [2.75, 3.05) is 37.6 Å². The molecule has 2 N–H and O–H groups in total. The van der Waals surface area contributed by atoms with Crippen LogP contribution in [0, 0.1) is 5.92 Å². The van der Waals surface area contributed by atoms with Crippen LogP contribution in [0.3, 0.4) is 0 Å². The topological polar surface area (TPSA) is 122 Å². The molecule has 1 atom stereocenters. The van der Waals surface area contributed by atoms with Gasteiger partial charge in [-0.15, -0.1) is 0 Å². The van der Waals surface area contributed by atoms with Crippen molar-refractivity contribution in [3.63, 3.8) is 0 Å². The molecule has 1 unspecified atom stereocenters. The number of primary amides is 1. The molecule has 0 spiro atoms. The number of nitrogens with zero attached hydrogens (tertiary/aromatic N) is 6. The molecule has 0 saturated carbocycles. The van der Waals surface area contributed by atoms with E-state index < -0.39 is 0 Å². The zero-order valence-electron chi connectivity index (χ0n) is 19.7. The second-order valence-corrected chi connectivity index (χ2v) is 9.66. The highest BCUT2D eigenvalue weighted by Gasteiger charge is 2.37. The highest BCUT2D eigenvalue weighted by molar-refractivity contribution is 5.77. The van der Waals surface area contributed by atoms with Crippen molar-refractivity contribution in [1.82, 2.24) is 24.9 Å². The van der Waals surface area contributed by atoms with Gasteiger partial charge in [0.1, 0.15) is 5.82 Å². The summed E-state index contributed by atoms with van der Waals surface area (Å²) in [6.07, 6.45) is 7.34. The monoisotopic (exact) mass is 467 g/mol. The van der Waals surface area contributed by atoms with E-state index in [2.05, 4.69) is 19.9 Å². The number of nitrogens with two attached hydrogens (primary N) is 1. The van der Waals surface area contributed by atoms with Gasteiger partial charge in [0.25, 0.3) is 0 Å². The van der Waals surface area contributed by atoms with Crippen molar-refractivity contribution in [3.05, 3.63) is 24.2 Å². The summed E-state index contributed by atoms with van der Waals surface area (Å²) in [7, 11) is 0. The normalized spacial score (nSPS) is 22.9. The van der Waals surface area contributed by atoms with Crippen molar-refractivity contribution >= 4 is 17.6 Å². The predicted molar refractivity (Wildman–Crippen MR) is 126 cm³/mol. The number of aromatic nitrogens is 3. The molecule has 0 bridgehead atoms. The lowest BCUT2D eigenvalue weighted by Gasteiger charge is -2.38. The van der Waals surface area contributed by atoms with Crippen LogP contribution in [0.1, 0.15) is 57.4 Å². The molecule has 0 radical (unpaired) electrons. The van der Waals surface area contributed by atoms with Gasteiger partial charge in [0.15, 0.2) is 0 Å². The second kappa shape index (κ2) is 9.69. The third kappa shape index (κ3) is 4.64. The van der Waals surface area contributed by atoms with E-state index in [0.29, 0.717) is 17.8 Å². The summed E-state index contributed by atoms with van der Waals surface area (Å²) in [4.78, 5) is 39.0. The summed E-state index contributed by atoms with van der Waals surface area (Å²) in [5, 5.41) is 4.29. The molecule has 2 amide bonds. The van der Waals surface area contributed by atoms with E-state index in [-0.39, 0.29) is 23.8 Å². The molecule has 0 aromatic carbocycles. The summed E-state index contributed by atoms with van der Waals surface area (Å²) < 4.78 is 5.76. The number of carbonyl (C=O) groups excluding carboxylic acids is 2. The molecule has 5 rings (SSSR count). The zero-order chi connectivity index (χ0) is 23.7. The summed E-state index contributed by atoms with van der Waals surface area (Å²) in [5.41, 5.74) is 6.33. The summed E-state index contributed by atoms with van der Waals surface area (Å²) >= 11 is 0. The Morgan fingerprint density at radius 2 is 1.82 bits per heavy atom. The average molecular weight is 468 g/mol. The van der Waals surface area contributed by atoms with Crippen molar-refractivity contribution < 1.29 is 14.1 Å². The Balaban J connectivity index is 1.26. The number of rotatable bonds is 5. The first-order valence-corrected chi connectivity index (χ1v) is 12.3. The van der Waals surface area contributed by atoms with E-state index in [1.807, 2.05) is 17.0 Å². The van der Waals surface area contributed by atoms with Crippen LogP contribution < -0.4 is 10.6 Å². The first kappa shape index (κ1) is 22.8. The molecule has 10 nitrogen and oxygen atoms in total. The van der Waals surface area contributed by atoms with Gasteiger partial charge in [-0.3, -0.25) is 14.5 Å². The Labute approximate surface area is 199 Å². The van der Waals surface area contributed by atoms with Crippen molar-refractivity contribution in [2.24, 2.45) is 11.7 Å². The van der Waals surface area contributed by atoms with E-state index in [9.17, 15) is 9.59 Å². The van der Waals surface area contributed by atoms with Gasteiger partial charge in [-0.2, -0.15) is 4.98 Å². The molecule has 3 aliphatic rings. The minimum atomic E-state index is -0.217. The molecule has 5 heterocycles. The number of piperidine rings is 2. The van der Waals surface area contributed by atoms with E-state index in [4.69, 9.17) is 15.2 Å². The van der Waals surface area contributed by atoms with Gasteiger partial charge < -0.3 is 20.1 Å². The fourth-order valence-corrected chi connectivity index (χ4v) is 5.61. The maximum absolute atomic E-state index is 11.7. The third-order valence-electron chi connectivity index (χ3n) is 7.62. The molecule has 10 heteroatoms. The average Bonchev–Trinajstić information content (AvgIpc) is 3.54. The maximum Gasteiger partial charge on any atom is 0.244 e. The van der Waals surface area contributed by atoms with E-state index in [1.54, 1.807) is 13.1 Å². The number of amides is 2. The van der Waals surface area contributed by atoms with Crippen LogP contribution in [0.25, 0.3) is 11.4 Å². The van der Waals surface area contributed by atoms with Crippen LogP contribution in [-0.2, 0) is 9.59 Å². The van der Waals surface area contributed by atoms with Crippen LogP contribution in [0.4, 0.5) is 5.82 Å². The molecule has 182 valence electrons. The van der Waals surface area contributed by atoms with Crippen molar-refractivity contribution in [2.45, 2.75) is 57.5 Å². The molecule has 2 aromatic heterocycles. The Hall–Kier alpha value is -3.01. The fourth-order valence-electron chi connectivity index (χ4n) is 5.61. The highest BCUT2D eigenvalue weighted by atomic mass is 16.5. The largest absolute Gasteiger partial charge is 0.369 e. The van der Waals surface area contributed by atoms with Gasteiger partial charge in [-0.25, -0.2) is 4.98 Å². The quantitative estimate of drug-likeness (QED) is 0.708. The summed E-state index contributed by atoms with van der Waals surface area (Å²) in [6, 6.07) is 4.46. The van der Waals surface area contributed by atoms with Crippen molar-refractivity contribution in [1.29, 1.82) is 0 Å². The van der Waals surface area contributed by atoms with Gasteiger partial charge in [0.05, 0.1) is 6.04 Å². The Bertz CT molecular complexity index is 1030. The number of hydrogen-bond acceptors (Lipinski definition) is 8. The van der Waals surface area contributed by atoms with Gasteiger partial charge in [0.2, 0.25) is 23.5 Å². The highest BCUT2D eigenvalue weighted by Crippen LogP contribution is 2.36. The molecular formula is C24H33N7O3. The molecule has 2 aromatic rings. The van der Waals surface area contributed by atoms with Crippen LogP contribution >= 0.6 is 0 Å². The van der Waals surface area contributed by atoms with Crippen LogP contribution in [0.2, 0.25) is 0 Å². The zero-order valence-corrected chi connectivity index (χ0v) is 19.7. The molecule has 34 heavy (non-hydrogen) atoms. The number of likely N-dealkylation sites (tertiary alicyclic amines) is 2. The molecule has 3 fully saturated rings. The third-order valence-corrected chi connectivity index (χ3v) is 7.62. The van der Waals surface area contributed by atoms with Gasteiger partial charge in [-0.05, 0) is 57.2 Å².